The molecule has 0 atom stereocenters. The third-order valence-corrected chi connectivity index (χ3v) is 3.98. The van der Waals surface area contributed by atoms with Crippen LogP contribution in [0.4, 0.5) is 5.82 Å². The van der Waals surface area contributed by atoms with E-state index in [1.54, 1.807) is 0 Å². The molecule has 2 aromatic rings. The second kappa shape index (κ2) is 6.30. The summed E-state index contributed by atoms with van der Waals surface area (Å²) >= 11 is 0. The van der Waals surface area contributed by atoms with Gasteiger partial charge in [0.2, 0.25) is 5.91 Å². The van der Waals surface area contributed by atoms with Gasteiger partial charge in [-0.3, -0.25) is 9.78 Å². The molecule has 0 radical (unpaired) electrons. The number of aromatic nitrogens is 2. The van der Waals surface area contributed by atoms with Gasteiger partial charge in [-0.15, -0.1) is 0 Å². The minimum absolute atomic E-state index is 0.263. The Balaban J connectivity index is 1.66. The molecule has 1 fully saturated rings. The second-order valence-electron chi connectivity index (χ2n) is 6.18. The summed E-state index contributed by atoms with van der Waals surface area (Å²) in [5.74, 6) is 1.57. The minimum atomic E-state index is 0.263. The first-order chi connectivity index (χ1) is 10.6. The predicted octanol–water partition coefficient (Wildman–Crippen LogP) is 2.32. The normalized spacial score (nSPS) is 15.6. The standard InChI is InChI=1S/C17H22N4O/c1-13(2)11-17(22)21-9-7-20(8-10-21)16-12-18-14-5-3-4-6-15(14)19-16/h3-6,12-13H,7-11H2,1-2H3. The smallest absolute Gasteiger partial charge is 0.222 e. The molecule has 116 valence electrons. The average molecular weight is 298 g/mol. The van der Waals surface area contributed by atoms with Crippen LogP contribution in [0.25, 0.3) is 11.0 Å². The van der Waals surface area contributed by atoms with Gasteiger partial charge >= 0.3 is 0 Å². The quantitative estimate of drug-likeness (QED) is 0.872. The number of anilines is 1. The molecule has 1 aromatic carbocycles. The lowest BCUT2D eigenvalue weighted by Crippen LogP contribution is -2.49. The van der Waals surface area contributed by atoms with E-state index < -0.39 is 0 Å². The van der Waals surface area contributed by atoms with Gasteiger partial charge in [0, 0.05) is 32.6 Å². The van der Waals surface area contributed by atoms with Crippen molar-refractivity contribution >= 4 is 22.8 Å². The van der Waals surface area contributed by atoms with Crippen LogP contribution < -0.4 is 4.90 Å². The molecule has 22 heavy (non-hydrogen) atoms. The summed E-state index contributed by atoms with van der Waals surface area (Å²) in [6, 6.07) is 7.89. The van der Waals surface area contributed by atoms with Crippen molar-refractivity contribution in [1.29, 1.82) is 0 Å². The summed E-state index contributed by atoms with van der Waals surface area (Å²) in [5, 5.41) is 0. The molecule has 0 spiro atoms. The Labute approximate surface area is 131 Å². The third-order valence-electron chi connectivity index (χ3n) is 3.98. The van der Waals surface area contributed by atoms with Crippen molar-refractivity contribution in [3.63, 3.8) is 0 Å². The van der Waals surface area contributed by atoms with E-state index in [0.717, 1.165) is 43.0 Å². The van der Waals surface area contributed by atoms with Crippen LogP contribution in [0.2, 0.25) is 0 Å². The summed E-state index contributed by atoms with van der Waals surface area (Å²) in [7, 11) is 0. The fourth-order valence-electron chi connectivity index (χ4n) is 2.76. The zero-order chi connectivity index (χ0) is 15.5. The monoisotopic (exact) mass is 298 g/mol. The van der Waals surface area contributed by atoms with E-state index in [4.69, 9.17) is 0 Å². The number of benzene rings is 1. The minimum Gasteiger partial charge on any atom is -0.352 e. The summed E-state index contributed by atoms with van der Waals surface area (Å²) in [4.78, 5) is 25.4. The molecule has 0 unspecified atom stereocenters. The average Bonchev–Trinajstić information content (AvgIpc) is 2.54. The number of fused-ring (bicyclic) bond motifs is 1. The Bertz CT molecular complexity index is 663. The Morgan fingerprint density at radius 3 is 2.50 bits per heavy atom. The molecule has 2 heterocycles. The van der Waals surface area contributed by atoms with E-state index in [0.29, 0.717) is 12.3 Å². The summed E-state index contributed by atoms with van der Waals surface area (Å²) in [6.45, 7) is 7.32. The van der Waals surface area contributed by atoms with Gasteiger partial charge in [0.15, 0.2) is 0 Å². The highest BCUT2D eigenvalue weighted by Gasteiger charge is 2.22. The summed E-state index contributed by atoms with van der Waals surface area (Å²) in [6.07, 6.45) is 2.46. The van der Waals surface area contributed by atoms with Crippen LogP contribution in [0.3, 0.4) is 0 Å². The number of hydrogen-bond donors (Lipinski definition) is 0. The highest BCUT2D eigenvalue weighted by molar-refractivity contribution is 5.77. The molecule has 0 N–H and O–H groups in total. The first-order valence-corrected chi connectivity index (χ1v) is 7.88. The number of nitrogens with zero attached hydrogens (tertiary/aromatic N) is 4. The maximum Gasteiger partial charge on any atom is 0.222 e. The lowest BCUT2D eigenvalue weighted by atomic mass is 10.1. The van der Waals surface area contributed by atoms with E-state index >= 15 is 0 Å². The van der Waals surface area contributed by atoms with Gasteiger partial charge in [-0.1, -0.05) is 26.0 Å². The molecule has 0 saturated carbocycles. The number of piperazine rings is 1. The van der Waals surface area contributed by atoms with Crippen molar-refractivity contribution in [1.82, 2.24) is 14.9 Å². The highest BCUT2D eigenvalue weighted by Crippen LogP contribution is 2.17. The van der Waals surface area contributed by atoms with E-state index in [9.17, 15) is 4.79 Å². The topological polar surface area (TPSA) is 49.3 Å². The van der Waals surface area contributed by atoms with Crippen LogP contribution in [0.15, 0.2) is 30.5 Å². The van der Waals surface area contributed by atoms with E-state index in [1.807, 2.05) is 35.4 Å². The van der Waals surface area contributed by atoms with Crippen molar-refractivity contribution in [3.05, 3.63) is 30.5 Å². The Morgan fingerprint density at radius 2 is 1.82 bits per heavy atom. The molecule has 5 heteroatoms. The second-order valence-corrected chi connectivity index (χ2v) is 6.18. The molecule has 0 bridgehead atoms. The van der Waals surface area contributed by atoms with Crippen LogP contribution >= 0.6 is 0 Å². The molecular weight excluding hydrogens is 276 g/mol. The first kappa shape index (κ1) is 14.8. The van der Waals surface area contributed by atoms with Crippen LogP contribution in [-0.2, 0) is 4.79 Å². The Morgan fingerprint density at radius 1 is 1.14 bits per heavy atom. The zero-order valence-electron chi connectivity index (χ0n) is 13.2. The number of carbonyl (C=O) groups is 1. The van der Waals surface area contributed by atoms with Crippen molar-refractivity contribution in [3.8, 4) is 0 Å². The van der Waals surface area contributed by atoms with E-state index in [-0.39, 0.29) is 5.91 Å². The van der Waals surface area contributed by atoms with Crippen molar-refractivity contribution in [2.75, 3.05) is 31.1 Å². The Hall–Kier alpha value is -2.17. The predicted molar refractivity (Wildman–Crippen MR) is 87.8 cm³/mol. The van der Waals surface area contributed by atoms with Gasteiger partial charge in [-0.2, -0.15) is 0 Å². The van der Waals surface area contributed by atoms with Gasteiger partial charge in [-0.25, -0.2) is 4.98 Å². The van der Waals surface area contributed by atoms with Crippen LogP contribution in [0.1, 0.15) is 20.3 Å². The van der Waals surface area contributed by atoms with Gasteiger partial charge < -0.3 is 9.80 Å². The number of rotatable bonds is 3. The fraction of sp³-hybridized carbons (Fsp3) is 0.471. The molecule has 3 rings (SSSR count). The third kappa shape index (κ3) is 3.18. The molecule has 1 aliphatic rings. The van der Waals surface area contributed by atoms with Gasteiger partial charge in [0.1, 0.15) is 5.82 Å². The van der Waals surface area contributed by atoms with Gasteiger partial charge in [0.25, 0.3) is 0 Å². The molecule has 1 aliphatic heterocycles. The lowest BCUT2D eigenvalue weighted by Gasteiger charge is -2.35. The molecule has 5 nitrogen and oxygen atoms in total. The maximum atomic E-state index is 12.1. The molecule has 0 aliphatic carbocycles. The van der Waals surface area contributed by atoms with Crippen LogP contribution in [0, 0.1) is 5.92 Å². The summed E-state index contributed by atoms with van der Waals surface area (Å²) in [5.41, 5.74) is 1.83. The number of amides is 1. The number of para-hydroxylation sites is 2. The SMILES string of the molecule is CC(C)CC(=O)N1CCN(c2cnc3ccccc3n2)CC1. The Kier molecular flexibility index (Phi) is 4.22. The molecule has 1 amide bonds. The lowest BCUT2D eigenvalue weighted by molar-refractivity contribution is -0.132. The zero-order valence-corrected chi connectivity index (χ0v) is 13.2. The highest BCUT2D eigenvalue weighted by atomic mass is 16.2. The number of carbonyl (C=O) groups excluding carboxylic acids is 1. The largest absolute Gasteiger partial charge is 0.352 e. The fourth-order valence-corrected chi connectivity index (χ4v) is 2.76. The molecular formula is C17H22N4O. The van der Waals surface area contributed by atoms with Gasteiger partial charge in [-0.05, 0) is 18.1 Å². The van der Waals surface area contributed by atoms with Crippen LogP contribution in [0.5, 0.6) is 0 Å². The molecule has 1 aromatic heterocycles. The van der Waals surface area contributed by atoms with Gasteiger partial charge in [0.05, 0.1) is 17.2 Å². The summed E-state index contributed by atoms with van der Waals surface area (Å²) < 4.78 is 0. The molecule has 1 saturated heterocycles. The van der Waals surface area contributed by atoms with E-state index in [1.165, 1.54) is 0 Å². The maximum absolute atomic E-state index is 12.1. The number of hydrogen-bond acceptors (Lipinski definition) is 4. The van der Waals surface area contributed by atoms with E-state index in [2.05, 4.69) is 28.7 Å². The first-order valence-electron chi connectivity index (χ1n) is 7.88. The van der Waals surface area contributed by atoms with Crippen molar-refractivity contribution in [2.24, 2.45) is 5.92 Å². The van der Waals surface area contributed by atoms with Crippen molar-refractivity contribution in [2.45, 2.75) is 20.3 Å². The van der Waals surface area contributed by atoms with Crippen LogP contribution in [-0.4, -0.2) is 47.0 Å². The van der Waals surface area contributed by atoms with Crippen molar-refractivity contribution < 1.29 is 4.79 Å².